The van der Waals surface area contributed by atoms with Crippen molar-refractivity contribution < 1.29 is 14.1 Å². The Morgan fingerprint density at radius 2 is 2.35 bits per heavy atom. The van der Waals surface area contributed by atoms with Gasteiger partial charge in [0.15, 0.2) is 0 Å². The van der Waals surface area contributed by atoms with Crippen molar-refractivity contribution in [3.63, 3.8) is 0 Å². The van der Waals surface area contributed by atoms with Gasteiger partial charge in [0.05, 0.1) is 23.4 Å². The summed E-state index contributed by atoms with van der Waals surface area (Å²) in [6, 6.07) is 5.38. The Balaban J connectivity index is 2.21. The molecule has 0 unspecified atom stereocenters. The van der Waals surface area contributed by atoms with Gasteiger partial charge in [-0.3, -0.25) is 24.3 Å². The lowest BCUT2D eigenvalue weighted by Gasteiger charge is -2.12. The molecule has 0 aliphatic heterocycles. The molecule has 2 aromatic heterocycles. The molecule has 0 aromatic carbocycles. The first-order valence-corrected chi connectivity index (χ1v) is 6.54. The van der Waals surface area contributed by atoms with Crippen molar-refractivity contribution in [2.24, 2.45) is 0 Å². The average Bonchev–Trinajstić information content (AvgIpc) is 3.03. The number of aromatic nitrogens is 1. The van der Waals surface area contributed by atoms with E-state index >= 15 is 0 Å². The minimum Gasteiger partial charge on any atom is -0.467 e. The number of amides is 1. The zero-order valence-corrected chi connectivity index (χ0v) is 12.1. The van der Waals surface area contributed by atoms with Crippen LogP contribution in [0.25, 0.3) is 0 Å². The number of hydrogen-bond acceptors (Lipinski definition) is 6. The lowest BCUT2D eigenvalue weighted by molar-refractivity contribution is -0.385. The SMILES string of the molecule is C[C@@H](NC(=O)Cn1cc([N+](=O)[O-])cc(C#N)c1=O)c1ccco1. The van der Waals surface area contributed by atoms with E-state index in [-0.39, 0.29) is 0 Å². The van der Waals surface area contributed by atoms with Gasteiger partial charge in [0.25, 0.3) is 11.2 Å². The van der Waals surface area contributed by atoms with Crippen molar-refractivity contribution in [2.75, 3.05) is 0 Å². The molecule has 1 N–H and O–H groups in total. The van der Waals surface area contributed by atoms with E-state index in [1.165, 1.54) is 6.26 Å². The molecule has 118 valence electrons. The van der Waals surface area contributed by atoms with Gasteiger partial charge in [-0.1, -0.05) is 0 Å². The van der Waals surface area contributed by atoms with Crippen molar-refractivity contribution in [1.29, 1.82) is 5.26 Å². The van der Waals surface area contributed by atoms with Gasteiger partial charge in [-0.2, -0.15) is 5.26 Å². The average molecular weight is 316 g/mol. The van der Waals surface area contributed by atoms with Crippen molar-refractivity contribution >= 4 is 11.6 Å². The summed E-state index contributed by atoms with van der Waals surface area (Å²) in [6.07, 6.45) is 2.39. The van der Waals surface area contributed by atoms with E-state index in [1.54, 1.807) is 25.1 Å². The first-order valence-electron chi connectivity index (χ1n) is 6.54. The monoisotopic (exact) mass is 316 g/mol. The van der Waals surface area contributed by atoms with E-state index in [2.05, 4.69) is 5.32 Å². The fourth-order valence-electron chi connectivity index (χ4n) is 1.97. The molecule has 2 aromatic rings. The lowest BCUT2D eigenvalue weighted by Crippen LogP contribution is -2.34. The number of nitrogens with one attached hydrogen (secondary N) is 1. The molecular weight excluding hydrogens is 304 g/mol. The van der Waals surface area contributed by atoms with E-state index in [4.69, 9.17) is 9.68 Å². The molecule has 1 atom stereocenters. The molecule has 0 aliphatic rings. The molecule has 23 heavy (non-hydrogen) atoms. The smallest absolute Gasteiger partial charge is 0.287 e. The quantitative estimate of drug-likeness (QED) is 0.649. The molecule has 9 heteroatoms. The van der Waals surface area contributed by atoms with Crippen LogP contribution in [0.3, 0.4) is 0 Å². The van der Waals surface area contributed by atoms with Crippen LogP contribution in [0.5, 0.6) is 0 Å². The van der Waals surface area contributed by atoms with E-state index in [0.717, 1.165) is 16.8 Å². The predicted octanol–water partition coefficient (Wildman–Crippen LogP) is 1.10. The van der Waals surface area contributed by atoms with E-state index in [9.17, 15) is 19.7 Å². The number of furan rings is 1. The first-order chi connectivity index (χ1) is 10.9. The van der Waals surface area contributed by atoms with Crippen molar-refractivity contribution in [3.05, 3.63) is 62.5 Å². The highest BCUT2D eigenvalue weighted by molar-refractivity contribution is 5.76. The van der Waals surface area contributed by atoms with Gasteiger partial charge in [0.1, 0.15) is 23.9 Å². The van der Waals surface area contributed by atoms with Crippen LogP contribution >= 0.6 is 0 Å². The Morgan fingerprint density at radius 3 is 2.91 bits per heavy atom. The molecular formula is C14H12N4O5. The minimum atomic E-state index is -0.765. The van der Waals surface area contributed by atoms with Crippen molar-refractivity contribution in [2.45, 2.75) is 19.5 Å². The number of nitrogens with zero attached hydrogens (tertiary/aromatic N) is 3. The number of rotatable bonds is 5. The van der Waals surface area contributed by atoms with Gasteiger partial charge < -0.3 is 9.73 Å². The summed E-state index contributed by atoms with van der Waals surface area (Å²) in [6.45, 7) is 1.24. The highest BCUT2D eigenvalue weighted by Gasteiger charge is 2.17. The molecule has 0 aliphatic carbocycles. The normalized spacial score (nSPS) is 11.5. The number of carbonyl (C=O) groups excluding carboxylic acids is 1. The molecule has 0 saturated heterocycles. The van der Waals surface area contributed by atoms with Crippen LogP contribution in [0.4, 0.5) is 5.69 Å². The van der Waals surface area contributed by atoms with Gasteiger partial charge in [0.2, 0.25) is 5.91 Å². The van der Waals surface area contributed by atoms with Gasteiger partial charge in [-0.15, -0.1) is 0 Å². The Kier molecular flexibility index (Phi) is 4.56. The zero-order chi connectivity index (χ0) is 17.0. The van der Waals surface area contributed by atoms with Gasteiger partial charge in [0, 0.05) is 6.07 Å². The van der Waals surface area contributed by atoms with Crippen molar-refractivity contribution in [3.8, 4) is 6.07 Å². The van der Waals surface area contributed by atoms with Crippen molar-refractivity contribution in [1.82, 2.24) is 9.88 Å². The minimum absolute atomic E-state index is 0.397. The Bertz CT molecular complexity index is 832. The van der Waals surface area contributed by atoms with Crippen LogP contribution in [0, 0.1) is 21.4 Å². The zero-order valence-electron chi connectivity index (χ0n) is 12.1. The maximum Gasteiger partial charge on any atom is 0.287 e. The highest BCUT2D eigenvalue weighted by Crippen LogP contribution is 2.12. The Morgan fingerprint density at radius 1 is 1.61 bits per heavy atom. The maximum atomic E-state index is 12.0. The molecule has 0 fully saturated rings. The predicted molar refractivity (Wildman–Crippen MR) is 77.3 cm³/mol. The summed E-state index contributed by atoms with van der Waals surface area (Å²) >= 11 is 0. The van der Waals surface area contributed by atoms with E-state index in [0.29, 0.717) is 5.76 Å². The van der Waals surface area contributed by atoms with Gasteiger partial charge >= 0.3 is 0 Å². The summed E-state index contributed by atoms with van der Waals surface area (Å²) in [5.74, 6) is -0.0113. The maximum absolute atomic E-state index is 12.0. The third-order valence-corrected chi connectivity index (χ3v) is 3.06. The standard InChI is InChI=1S/C14H12N4O5/c1-9(12-3-2-4-23-12)16-13(19)8-17-7-11(18(21)22)5-10(6-15)14(17)20/h2-5,7,9H,8H2,1H3,(H,16,19)/t9-/m1/s1. The van der Waals surface area contributed by atoms with Crippen LogP contribution in [-0.4, -0.2) is 15.4 Å². The van der Waals surface area contributed by atoms with E-state index in [1.807, 2.05) is 0 Å². The number of nitro groups is 1. The molecule has 0 bridgehead atoms. The fraction of sp³-hybridized carbons (Fsp3) is 0.214. The molecule has 2 rings (SSSR count). The number of carbonyl (C=O) groups is 1. The van der Waals surface area contributed by atoms with Gasteiger partial charge in [-0.05, 0) is 19.1 Å². The summed E-state index contributed by atoms with van der Waals surface area (Å²) in [7, 11) is 0. The first kappa shape index (κ1) is 16.0. The number of hydrogen-bond donors (Lipinski definition) is 1. The second-order valence-electron chi connectivity index (χ2n) is 4.72. The Hall–Kier alpha value is -3.41. The third-order valence-electron chi connectivity index (χ3n) is 3.06. The molecule has 0 radical (unpaired) electrons. The van der Waals surface area contributed by atoms with Crippen LogP contribution in [-0.2, 0) is 11.3 Å². The topological polar surface area (TPSA) is 131 Å². The summed E-state index contributed by atoms with van der Waals surface area (Å²) in [4.78, 5) is 34.0. The van der Waals surface area contributed by atoms with Crippen LogP contribution in [0.2, 0.25) is 0 Å². The summed E-state index contributed by atoms with van der Waals surface area (Å²) < 4.78 is 5.98. The van der Waals surface area contributed by atoms with Crippen LogP contribution in [0.15, 0.2) is 39.9 Å². The number of pyridine rings is 1. The van der Waals surface area contributed by atoms with Gasteiger partial charge in [-0.25, -0.2) is 0 Å². The molecule has 1 amide bonds. The lowest BCUT2D eigenvalue weighted by atomic mass is 10.2. The second kappa shape index (κ2) is 6.57. The van der Waals surface area contributed by atoms with Crippen LogP contribution in [0.1, 0.15) is 24.3 Å². The number of nitriles is 1. The van der Waals surface area contributed by atoms with E-state index < -0.39 is 40.2 Å². The molecule has 0 spiro atoms. The molecule has 2 heterocycles. The molecule has 9 nitrogen and oxygen atoms in total. The molecule has 0 saturated carbocycles. The summed E-state index contributed by atoms with van der Waals surface area (Å²) in [5.41, 5.74) is -1.60. The summed E-state index contributed by atoms with van der Waals surface area (Å²) in [5, 5.41) is 22.3. The van der Waals surface area contributed by atoms with Crippen LogP contribution < -0.4 is 10.9 Å². The third kappa shape index (κ3) is 3.62. The Labute approximate surface area is 129 Å². The largest absolute Gasteiger partial charge is 0.467 e. The fourth-order valence-corrected chi connectivity index (χ4v) is 1.97. The highest BCUT2D eigenvalue weighted by atomic mass is 16.6. The second-order valence-corrected chi connectivity index (χ2v) is 4.72.